The summed E-state index contributed by atoms with van der Waals surface area (Å²) < 4.78 is 12.1. The second-order valence-electron chi connectivity index (χ2n) is 6.25. The lowest BCUT2D eigenvalue weighted by molar-refractivity contribution is -0.131. The number of hydrogen-bond acceptors (Lipinski definition) is 7. The first-order valence-electron chi connectivity index (χ1n) is 9.14. The number of ether oxygens (including phenoxy) is 2. The fraction of sp³-hybridized carbons (Fsp3) is 0.190. The van der Waals surface area contributed by atoms with Gasteiger partial charge in [0.1, 0.15) is 4.91 Å². The number of hydrogen-bond donors (Lipinski definition) is 2. The number of phenols is 1. The van der Waals surface area contributed by atoms with Crippen molar-refractivity contribution in [3.63, 3.8) is 0 Å². The SMILES string of the molecule is CCn1c(S/C(=C\c2cc(OC)c(O)c(OC)c2)C(=O)O)nnc1-c1ccc(Cl)cc1. The van der Waals surface area contributed by atoms with Crippen LogP contribution in [-0.2, 0) is 11.3 Å². The molecule has 0 bridgehead atoms. The van der Waals surface area contributed by atoms with Crippen LogP contribution in [0.2, 0.25) is 5.02 Å². The van der Waals surface area contributed by atoms with Crippen molar-refractivity contribution < 1.29 is 24.5 Å². The Kier molecular flexibility index (Phi) is 7.09. The Hall–Kier alpha value is -3.17. The molecule has 0 aliphatic carbocycles. The van der Waals surface area contributed by atoms with Gasteiger partial charge in [0.05, 0.1) is 14.2 Å². The molecule has 1 heterocycles. The van der Waals surface area contributed by atoms with Gasteiger partial charge in [-0.2, -0.15) is 0 Å². The number of carboxylic acid groups (broad SMARTS) is 1. The molecule has 1 aromatic heterocycles. The summed E-state index contributed by atoms with van der Waals surface area (Å²) in [4.78, 5) is 11.9. The molecular weight excluding hydrogens is 442 g/mol. The van der Waals surface area contributed by atoms with E-state index in [2.05, 4.69) is 10.2 Å². The summed E-state index contributed by atoms with van der Waals surface area (Å²) in [6.07, 6.45) is 1.45. The third-order valence-electron chi connectivity index (χ3n) is 4.35. The maximum atomic E-state index is 11.9. The number of methoxy groups -OCH3 is 2. The van der Waals surface area contributed by atoms with Gasteiger partial charge in [-0.15, -0.1) is 10.2 Å². The molecule has 0 aliphatic rings. The highest BCUT2D eigenvalue weighted by molar-refractivity contribution is 8.04. The highest BCUT2D eigenvalue weighted by atomic mass is 35.5. The van der Waals surface area contributed by atoms with Crippen molar-refractivity contribution >= 4 is 35.4 Å². The monoisotopic (exact) mass is 461 g/mol. The van der Waals surface area contributed by atoms with E-state index in [1.165, 1.54) is 32.4 Å². The molecule has 0 aliphatic heterocycles. The van der Waals surface area contributed by atoms with Gasteiger partial charge in [-0.25, -0.2) is 4.79 Å². The van der Waals surface area contributed by atoms with Crippen molar-refractivity contribution in [3.05, 3.63) is 51.9 Å². The highest BCUT2D eigenvalue weighted by Gasteiger charge is 2.19. The number of thioether (sulfide) groups is 1. The maximum absolute atomic E-state index is 11.9. The minimum atomic E-state index is -1.13. The van der Waals surface area contributed by atoms with Gasteiger partial charge >= 0.3 is 5.97 Å². The zero-order chi connectivity index (χ0) is 22.5. The number of nitrogens with zero attached hydrogens (tertiary/aromatic N) is 3. The van der Waals surface area contributed by atoms with Gasteiger partial charge in [0.2, 0.25) is 5.75 Å². The summed E-state index contributed by atoms with van der Waals surface area (Å²) in [5.74, 6) is -0.344. The minimum absolute atomic E-state index is 0.0135. The third kappa shape index (κ3) is 4.95. The van der Waals surface area contributed by atoms with Gasteiger partial charge in [0, 0.05) is 17.1 Å². The molecule has 0 amide bonds. The first-order valence-corrected chi connectivity index (χ1v) is 10.3. The summed E-state index contributed by atoms with van der Waals surface area (Å²) >= 11 is 6.93. The molecule has 0 saturated carbocycles. The minimum Gasteiger partial charge on any atom is -0.502 e. The van der Waals surface area contributed by atoms with Crippen LogP contribution in [0.25, 0.3) is 17.5 Å². The zero-order valence-electron chi connectivity index (χ0n) is 17.0. The zero-order valence-corrected chi connectivity index (χ0v) is 18.6. The van der Waals surface area contributed by atoms with Crippen molar-refractivity contribution in [2.24, 2.45) is 0 Å². The Balaban J connectivity index is 1.99. The number of benzene rings is 2. The molecule has 0 saturated heterocycles. The van der Waals surface area contributed by atoms with Crippen LogP contribution in [0.5, 0.6) is 17.2 Å². The van der Waals surface area contributed by atoms with Crippen LogP contribution in [0.15, 0.2) is 46.5 Å². The van der Waals surface area contributed by atoms with Gasteiger partial charge in [-0.1, -0.05) is 11.6 Å². The van der Waals surface area contributed by atoms with Gasteiger partial charge in [0.25, 0.3) is 0 Å². The van der Waals surface area contributed by atoms with E-state index < -0.39 is 5.97 Å². The predicted molar refractivity (Wildman–Crippen MR) is 119 cm³/mol. The second kappa shape index (κ2) is 9.76. The van der Waals surface area contributed by atoms with Gasteiger partial charge < -0.3 is 24.3 Å². The Bertz CT molecular complexity index is 1100. The second-order valence-corrected chi connectivity index (χ2v) is 7.69. The molecule has 3 aromatic rings. The van der Waals surface area contributed by atoms with Gasteiger partial charge in [0.15, 0.2) is 22.5 Å². The van der Waals surface area contributed by atoms with E-state index in [0.717, 1.165) is 17.3 Å². The third-order valence-corrected chi connectivity index (χ3v) is 5.60. The lowest BCUT2D eigenvalue weighted by Crippen LogP contribution is -2.03. The Morgan fingerprint density at radius 2 is 1.77 bits per heavy atom. The number of carbonyl (C=O) groups is 1. The van der Waals surface area contributed by atoms with Crippen LogP contribution in [-0.4, -0.2) is 45.2 Å². The standard InChI is InChI=1S/C21H20ClN3O5S/c1-4-25-19(13-5-7-14(22)8-6-13)23-24-21(25)31-17(20(27)28)11-12-9-15(29-2)18(26)16(10-12)30-3/h5-11,26H,4H2,1-3H3,(H,27,28)/b17-11-. The first-order chi connectivity index (χ1) is 14.9. The smallest absolute Gasteiger partial charge is 0.342 e. The molecule has 3 rings (SSSR count). The number of aromatic nitrogens is 3. The molecule has 0 spiro atoms. The molecule has 2 N–H and O–H groups in total. The van der Waals surface area contributed by atoms with E-state index in [-0.39, 0.29) is 22.2 Å². The van der Waals surface area contributed by atoms with E-state index in [0.29, 0.717) is 28.1 Å². The summed E-state index contributed by atoms with van der Waals surface area (Å²) in [5.41, 5.74) is 1.30. The molecule has 0 atom stereocenters. The number of aromatic hydroxyl groups is 1. The first kappa shape index (κ1) is 22.5. The van der Waals surface area contributed by atoms with Crippen molar-refractivity contribution in [1.29, 1.82) is 0 Å². The van der Waals surface area contributed by atoms with E-state index in [1.807, 2.05) is 23.6 Å². The van der Waals surface area contributed by atoms with Crippen molar-refractivity contribution in [3.8, 4) is 28.6 Å². The predicted octanol–water partition coefficient (Wildman–Crippen LogP) is 4.56. The Morgan fingerprint density at radius 1 is 1.16 bits per heavy atom. The van der Waals surface area contributed by atoms with Crippen LogP contribution in [0, 0.1) is 0 Å². The van der Waals surface area contributed by atoms with E-state index >= 15 is 0 Å². The number of phenolic OH excluding ortho intramolecular Hbond substituents is 1. The maximum Gasteiger partial charge on any atom is 0.342 e. The van der Waals surface area contributed by atoms with Crippen LogP contribution < -0.4 is 9.47 Å². The van der Waals surface area contributed by atoms with Crippen LogP contribution >= 0.6 is 23.4 Å². The lowest BCUT2D eigenvalue weighted by Gasteiger charge is -2.10. The number of halogens is 1. The summed E-state index contributed by atoms with van der Waals surface area (Å²) in [6, 6.07) is 10.2. The molecule has 0 fully saturated rings. The lowest BCUT2D eigenvalue weighted by atomic mass is 10.1. The molecule has 8 nitrogen and oxygen atoms in total. The van der Waals surface area contributed by atoms with Gasteiger partial charge in [-0.3, -0.25) is 0 Å². The average Bonchev–Trinajstić information content (AvgIpc) is 3.17. The van der Waals surface area contributed by atoms with Gasteiger partial charge in [-0.05, 0) is 66.7 Å². The van der Waals surface area contributed by atoms with Crippen molar-refractivity contribution in [1.82, 2.24) is 14.8 Å². The average molecular weight is 462 g/mol. The van der Waals surface area contributed by atoms with Crippen LogP contribution in [0.4, 0.5) is 0 Å². The molecule has 162 valence electrons. The van der Waals surface area contributed by atoms with E-state index in [1.54, 1.807) is 12.1 Å². The number of carboxylic acids is 1. The van der Waals surface area contributed by atoms with Crippen LogP contribution in [0.1, 0.15) is 12.5 Å². The van der Waals surface area contributed by atoms with Crippen molar-refractivity contribution in [2.45, 2.75) is 18.6 Å². The molecular formula is C21H20ClN3O5S. The highest BCUT2D eigenvalue weighted by Crippen LogP contribution is 2.39. The fourth-order valence-corrected chi connectivity index (χ4v) is 3.86. The van der Waals surface area contributed by atoms with E-state index in [9.17, 15) is 15.0 Å². The largest absolute Gasteiger partial charge is 0.502 e. The summed E-state index contributed by atoms with van der Waals surface area (Å²) in [7, 11) is 2.80. The summed E-state index contributed by atoms with van der Waals surface area (Å²) in [5, 5.41) is 29.3. The fourth-order valence-electron chi connectivity index (χ4n) is 2.84. The Morgan fingerprint density at radius 3 is 2.29 bits per heavy atom. The number of aliphatic carboxylic acids is 1. The molecule has 0 unspecified atom stereocenters. The topological polar surface area (TPSA) is 107 Å². The van der Waals surface area contributed by atoms with Crippen LogP contribution in [0.3, 0.4) is 0 Å². The molecule has 0 radical (unpaired) electrons. The van der Waals surface area contributed by atoms with E-state index in [4.69, 9.17) is 21.1 Å². The Labute approximate surface area is 188 Å². The molecule has 2 aromatic carbocycles. The quantitative estimate of drug-likeness (QED) is 0.371. The van der Waals surface area contributed by atoms with Crippen molar-refractivity contribution in [2.75, 3.05) is 14.2 Å². The normalized spacial score (nSPS) is 11.4. The molecule has 31 heavy (non-hydrogen) atoms. The number of rotatable bonds is 8. The summed E-state index contributed by atoms with van der Waals surface area (Å²) in [6.45, 7) is 2.47. The molecule has 10 heteroatoms.